The van der Waals surface area contributed by atoms with Crippen LogP contribution in [0.15, 0.2) is 77.6 Å². The number of nitrogens with zero attached hydrogens (tertiary/aromatic N) is 2. The summed E-state index contributed by atoms with van der Waals surface area (Å²) in [4.78, 5) is 36.5. The van der Waals surface area contributed by atoms with Crippen LogP contribution >= 0.6 is 23.2 Å². The zero-order chi connectivity index (χ0) is 26.3. The van der Waals surface area contributed by atoms with E-state index < -0.39 is 0 Å². The molecule has 0 saturated heterocycles. The summed E-state index contributed by atoms with van der Waals surface area (Å²) in [6, 6.07) is 23.4. The summed E-state index contributed by atoms with van der Waals surface area (Å²) in [5, 5.41) is 1.35. The van der Waals surface area contributed by atoms with Crippen LogP contribution in [0.2, 0.25) is 10.0 Å². The molecule has 4 aromatic rings. The Hall–Kier alpha value is -3.41. The SMILES string of the molecule is O=C(Cc1cccc(-c2cccc(Cl)c2)c1)N1CCCc2nc(C3(c4cccc(Cl)c4)CC3)[nH]c(=O)c2C1. The molecule has 7 heteroatoms. The minimum absolute atomic E-state index is 0.00200. The van der Waals surface area contributed by atoms with Crippen molar-refractivity contribution < 1.29 is 4.79 Å². The number of benzene rings is 3. The number of halogens is 2. The van der Waals surface area contributed by atoms with Crippen molar-refractivity contribution in [3.05, 3.63) is 121 Å². The summed E-state index contributed by atoms with van der Waals surface area (Å²) < 4.78 is 0. The van der Waals surface area contributed by atoms with Crippen molar-refractivity contribution in [3.63, 3.8) is 0 Å². The number of carbonyl (C=O) groups excluding carboxylic acids is 1. The van der Waals surface area contributed by atoms with Crippen LogP contribution in [0, 0.1) is 0 Å². The minimum atomic E-state index is -0.283. The number of aryl methyl sites for hydroxylation is 1. The van der Waals surface area contributed by atoms with Gasteiger partial charge in [-0.1, -0.05) is 71.7 Å². The number of hydrogen-bond acceptors (Lipinski definition) is 3. The van der Waals surface area contributed by atoms with E-state index in [-0.39, 0.29) is 29.8 Å². The maximum atomic E-state index is 13.4. The highest BCUT2D eigenvalue weighted by Crippen LogP contribution is 2.52. The van der Waals surface area contributed by atoms with Crippen molar-refractivity contribution in [2.75, 3.05) is 6.54 Å². The molecule has 0 bridgehead atoms. The Morgan fingerprint density at radius 1 is 0.947 bits per heavy atom. The Morgan fingerprint density at radius 3 is 2.39 bits per heavy atom. The lowest BCUT2D eigenvalue weighted by Crippen LogP contribution is -2.34. The molecular formula is C31H27Cl2N3O2. The predicted molar refractivity (Wildman–Crippen MR) is 151 cm³/mol. The molecule has 1 fully saturated rings. The molecule has 0 unspecified atom stereocenters. The summed E-state index contributed by atoms with van der Waals surface area (Å²) in [5.74, 6) is 0.711. The van der Waals surface area contributed by atoms with E-state index in [1.165, 1.54) is 0 Å². The number of aromatic amines is 1. The third-order valence-electron chi connectivity index (χ3n) is 7.67. The summed E-state index contributed by atoms with van der Waals surface area (Å²) in [7, 11) is 0. The second kappa shape index (κ2) is 10.0. The molecule has 6 rings (SSSR count). The quantitative estimate of drug-likeness (QED) is 0.319. The molecule has 3 aromatic carbocycles. The van der Waals surface area contributed by atoms with Gasteiger partial charge in [0.1, 0.15) is 5.82 Å². The van der Waals surface area contributed by atoms with E-state index in [1.54, 1.807) is 4.90 Å². The molecule has 1 N–H and O–H groups in total. The molecule has 2 heterocycles. The van der Waals surface area contributed by atoms with E-state index >= 15 is 0 Å². The standard InChI is InChI=1S/C31H27Cl2N3O2/c32-24-9-2-7-22(17-24)21-6-1-5-20(15-21)16-28(37)36-14-4-11-27-26(19-36)29(38)35-30(34-27)31(12-13-31)23-8-3-10-25(33)18-23/h1-3,5-10,15,17-18H,4,11-14,16,19H2,(H,34,35,38). The monoisotopic (exact) mass is 543 g/mol. The molecule has 0 spiro atoms. The zero-order valence-corrected chi connectivity index (χ0v) is 22.4. The van der Waals surface area contributed by atoms with Crippen molar-refractivity contribution in [1.82, 2.24) is 14.9 Å². The summed E-state index contributed by atoms with van der Waals surface area (Å²) in [5.41, 5.74) is 4.99. The fourth-order valence-corrected chi connectivity index (χ4v) is 5.83. The average Bonchev–Trinajstić information content (AvgIpc) is 3.73. The Bertz CT molecular complexity index is 1590. The fourth-order valence-electron chi connectivity index (χ4n) is 5.45. The van der Waals surface area contributed by atoms with Crippen LogP contribution in [0.3, 0.4) is 0 Å². The van der Waals surface area contributed by atoms with Crippen LogP contribution in [0.1, 0.15) is 47.5 Å². The third kappa shape index (κ3) is 4.89. The van der Waals surface area contributed by atoms with Gasteiger partial charge in [0.15, 0.2) is 0 Å². The minimum Gasteiger partial charge on any atom is -0.338 e. The van der Waals surface area contributed by atoms with Crippen molar-refractivity contribution in [2.24, 2.45) is 0 Å². The topological polar surface area (TPSA) is 66.1 Å². The molecule has 1 aliphatic heterocycles. The van der Waals surface area contributed by atoms with Gasteiger partial charge in [-0.15, -0.1) is 0 Å². The van der Waals surface area contributed by atoms with E-state index in [0.717, 1.165) is 47.2 Å². The molecule has 192 valence electrons. The molecule has 2 aliphatic rings. The lowest BCUT2D eigenvalue weighted by Gasteiger charge is -2.21. The molecular weight excluding hydrogens is 517 g/mol. The van der Waals surface area contributed by atoms with Gasteiger partial charge in [-0.25, -0.2) is 4.98 Å². The van der Waals surface area contributed by atoms with Gasteiger partial charge in [0.25, 0.3) is 5.56 Å². The Kier molecular flexibility index (Phi) is 6.58. The van der Waals surface area contributed by atoms with Crippen LogP contribution < -0.4 is 5.56 Å². The highest BCUT2D eigenvalue weighted by Gasteiger charge is 2.48. The molecule has 0 radical (unpaired) electrons. The normalized spacial score (nSPS) is 16.0. The van der Waals surface area contributed by atoms with Gasteiger partial charge in [-0.2, -0.15) is 0 Å². The first-order valence-corrected chi connectivity index (χ1v) is 13.7. The highest BCUT2D eigenvalue weighted by molar-refractivity contribution is 6.31. The van der Waals surface area contributed by atoms with Crippen LogP contribution in [-0.4, -0.2) is 27.3 Å². The van der Waals surface area contributed by atoms with Gasteiger partial charge in [0.05, 0.1) is 29.6 Å². The first-order valence-electron chi connectivity index (χ1n) is 12.9. The van der Waals surface area contributed by atoms with Crippen LogP contribution in [-0.2, 0) is 29.6 Å². The lowest BCUT2D eigenvalue weighted by atomic mass is 9.94. The maximum absolute atomic E-state index is 13.4. The fraction of sp³-hybridized carbons (Fsp3) is 0.258. The van der Waals surface area contributed by atoms with E-state index in [4.69, 9.17) is 28.2 Å². The summed E-state index contributed by atoms with van der Waals surface area (Å²) >= 11 is 12.4. The average molecular weight is 544 g/mol. The van der Waals surface area contributed by atoms with Crippen LogP contribution in [0.25, 0.3) is 11.1 Å². The number of amides is 1. The molecule has 1 saturated carbocycles. The maximum Gasteiger partial charge on any atom is 0.256 e. The molecule has 1 aliphatic carbocycles. The van der Waals surface area contributed by atoms with E-state index in [2.05, 4.69) is 4.98 Å². The van der Waals surface area contributed by atoms with Crippen molar-refractivity contribution in [2.45, 2.75) is 44.1 Å². The summed E-state index contributed by atoms with van der Waals surface area (Å²) in [6.45, 7) is 0.867. The largest absolute Gasteiger partial charge is 0.338 e. The lowest BCUT2D eigenvalue weighted by molar-refractivity contribution is -0.131. The molecule has 0 atom stereocenters. The highest BCUT2D eigenvalue weighted by atomic mass is 35.5. The number of rotatable bonds is 5. The number of aromatic nitrogens is 2. The number of fused-ring (bicyclic) bond motifs is 1. The van der Waals surface area contributed by atoms with Crippen molar-refractivity contribution >= 4 is 29.1 Å². The van der Waals surface area contributed by atoms with Crippen LogP contribution in [0.4, 0.5) is 0 Å². The first kappa shape index (κ1) is 24.9. The number of hydrogen-bond donors (Lipinski definition) is 1. The van der Waals surface area contributed by atoms with Gasteiger partial charge in [0, 0.05) is 16.6 Å². The number of nitrogens with one attached hydrogen (secondary N) is 1. The van der Waals surface area contributed by atoms with Crippen LogP contribution in [0.5, 0.6) is 0 Å². The Labute approximate surface area is 231 Å². The number of carbonyl (C=O) groups is 1. The number of H-pyrrole nitrogens is 1. The smallest absolute Gasteiger partial charge is 0.256 e. The van der Waals surface area contributed by atoms with E-state index in [1.807, 2.05) is 72.8 Å². The van der Waals surface area contributed by atoms with Gasteiger partial charge < -0.3 is 9.88 Å². The molecule has 38 heavy (non-hydrogen) atoms. The molecule has 1 amide bonds. The zero-order valence-electron chi connectivity index (χ0n) is 20.8. The molecule has 5 nitrogen and oxygen atoms in total. The van der Waals surface area contributed by atoms with Crippen molar-refractivity contribution in [1.29, 1.82) is 0 Å². The predicted octanol–water partition coefficient (Wildman–Crippen LogP) is 6.34. The van der Waals surface area contributed by atoms with E-state index in [0.29, 0.717) is 34.4 Å². The van der Waals surface area contributed by atoms with Gasteiger partial charge >= 0.3 is 0 Å². The Morgan fingerprint density at radius 2 is 1.66 bits per heavy atom. The van der Waals surface area contributed by atoms with Gasteiger partial charge in [0.2, 0.25) is 5.91 Å². The summed E-state index contributed by atoms with van der Waals surface area (Å²) in [6.07, 6.45) is 3.56. The first-order chi connectivity index (χ1) is 18.4. The van der Waals surface area contributed by atoms with Gasteiger partial charge in [-0.05, 0) is 72.2 Å². The van der Waals surface area contributed by atoms with Gasteiger partial charge in [-0.3, -0.25) is 9.59 Å². The van der Waals surface area contributed by atoms with E-state index in [9.17, 15) is 9.59 Å². The molecule has 1 aromatic heterocycles. The Balaban J connectivity index is 1.22. The second-order valence-corrected chi connectivity index (χ2v) is 11.1. The third-order valence-corrected chi connectivity index (χ3v) is 8.14. The van der Waals surface area contributed by atoms with Crippen molar-refractivity contribution in [3.8, 4) is 11.1 Å². The second-order valence-electron chi connectivity index (χ2n) is 10.2.